The molecule has 0 aromatic heterocycles. The molecule has 0 spiro atoms. The molecule has 2 fully saturated rings. The lowest BCUT2D eigenvalue weighted by Crippen LogP contribution is -2.38. The maximum absolute atomic E-state index is 9.25. The van der Waals surface area contributed by atoms with Gasteiger partial charge >= 0.3 is 11.9 Å². The Balaban J connectivity index is 0.000000607. The molecule has 162 valence electrons. The summed E-state index contributed by atoms with van der Waals surface area (Å²) in [7, 11) is 0. The first-order valence-electron chi connectivity index (χ1n) is 10.9. The molecule has 0 unspecified atom stereocenters. The maximum Gasteiger partial charge on any atom is 0.327 e. The van der Waals surface area contributed by atoms with Gasteiger partial charge in [-0.2, -0.15) is 0 Å². The molecule has 0 heterocycles. The van der Waals surface area contributed by atoms with E-state index in [0.29, 0.717) is 10.8 Å². The molecule has 0 aromatic carbocycles. The molecular weight excluding hydrogens is 352 g/mol. The molecule has 2 rings (SSSR count). The zero-order valence-corrected chi connectivity index (χ0v) is 18.2. The third kappa shape index (κ3) is 10.7. The van der Waals surface area contributed by atoms with Gasteiger partial charge in [-0.25, -0.2) is 9.59 Å². The van der Waals surface area contributed by atoms with Gasteiger partial charge in [0.05, 0.1) is 0 Å². The van der Waals surface area contributed by atoms with E-state index in [0.717, 1.165) is 12.2 Å². The van der Waals surface area contributed by atoms with Gasteiger partial charge in [0.1, 0.15) is 0 Å². The van der Waals surface area contributed by atoms with Gasteiger partial charge < -0.3 is 10.2 Å². The monoisotopic (exact) mass is 394 g/mol. The molecule has 28 heavy (non-hydrogen) atoms. The summed E-state index contributed by atoms with van der Waals surface area (Å²) in [6, 6.07) is 0. The molecule has 0 atom stereocenters. The quantitative estimate of drug-likeness (QED) is 0.505. The minimum absolute atomic E-state index is 0.644. The van der Waals surface area contributed by atoms with Crippen LogP contribution in [0.4, 0.5) is 0 Å². The highest BCUT2D eigenvalue weighted by molar-refractivity contribution is 5.79. The van der Waals surface area contributed by atoms with E-state index >= 15 is 0 Å². The van der Waals surface area contributed by atoms with Crippen LogP contribution in [0.25, 0.3) is 0 Å². The van der Waals surface area contributed by atoms with Crippen LogP contribution < -0.4 is 0 Å². The van der Waals surface area contributed by atoms with Crippen molar-refractivity contribution in [3.05, 3.63) is 25.3 Å². The summed E-state index contributed by atoms with van der Waals surface area (Å²) in [6.45, 7) is 11.2. The van der Waals surface area contributed by atoms with Crippen LogP contribution in [0.15, 0.2) is 25.3 Å². The van der Waals surface area contributed by atoms with Gasteiger partial charge in [0.25, 0.3) is 0 Å². The summed E-state index contributed by atoms with van der Waals surface area (Å²) in [5.74, 6) is -1.96. The molecule has 4 nitrogen and oxygen atoms in total. The van der Waals surface area contributed by atoms with Crippen LogP contribution in [-0.2, 0) is 9.59 Å². The molecular formula is C24H42O4. The molecule has 0 bridgehead atoms. The predicted octanol–water partition coefficient (Wildman–Crippen LogP) is 7.00. The molecule has 2 N–H and O–H groups in total. The highest BCUT2D eigenvalue weighted by Gasteiger charge is 2.42. The van der Waals surface area contributed by atoms with Crippen LogP contribution in [0.3, 0.4) is 0 Å². The Morgan fingerprint density at radius 3 is 0.964 bits per heavy atom. The predicted molar refractivity (Wildman–Crippen MR) is 117 cm³/mol. The van der Waals surface area contributed by atoms with Crippen molar-refractivity contribution in [3.8, 4) is 0 Å². The Kier molecular flexibility index (Phi) is 13.6. The molecule has 2 aliphatic rings. The lowest BCUT2D eigenvalue weighted by Gasteiger charge is -2.49. The third-order valence-corrected chi connectivity index (χ3v) is 6.72. The molecule has 0 radical (unpaired) electrons. The highest BCUT2D eigenvalue weighted by Crippen LogP contribution is 2.54. The Morgan fingerprint density at radius 1 is 0.607 bits per heavy atom. The van der Waals surface area contributed by atoms with Crippen molar-refractivity contribution in [2.24, 2.45) is 10.8 Å². The van der Waals surface area contributed by atoms with Crippen LogP contribution in [-0.4, -0.2) is 22.2 Å². The van der Waals surface area contributed by atoms with E-state index in [2.05, 4.69) is 27.0 Å². The van der Waals surface area contributed by atoms with Gasteiger partial charge in [-0.3, -0.25) is 0 Å². The summed E-state index contributed by atoms with van der Waals surface area (Å²) in [5.41, 5.74) is 1.29. The van der Waals surface area contributed by atoms with Gasteiger partial charge in [-0.15, -0.1) is 0 Å². The second-order valence-corrected chi connectivity index (χ2v) is 8.74. The van der Waals surface area contributed by atoms with Crippen molar-refractivity contribution >= 4 is 11.9 Å². The minimum atomic E-state index is -0.981. The normalized spacial score (nSPS) is 21.4. The molecule has 0 amide bonds. The SMILES string of the molecule is C=CC(=O)O.C=CC(=O)O.CC1(C2(C)CCCCCCC2)CCCCCCC1. The first-order valence-corrected chi connectivity index (χ1v) is 10.9. The van der Waals surface area contributed by atoms with Crippen LogP contribution in [0.5, 0.6) is 0 Å². The van der Waals surface area contributed by atoms with Gasteiger partial charge in [0, 0.05) is 12.2 Å². The van der Waals surface area contributed by atoms with Crippen LogP contribution in [0.1, 0.15) is 104 Å². The summed E-state index contributed by atoms with van der Waals surface area (Å²) in [5, 5.41) is 15.2. The van der Waals surface area contributed by atoms with Crippen LogP contribution in [0, 0.1) is 10.8 Å². The van der Waals surface area contributed by atoms with Crippen LogP contribution in [0.2, 0.25) is 0 Å². The Morgan fingerprint density at radius 2 is 0.786 bits per heavy atom. The number of aliphatic carboxylic acids is 2. The third-order valence-electron chi connectivity index (χ3n) is 6.72. The minimum Gasteiger partial charge on any atom is -0.478 e. The van der Waals surface area contributed by atoms with E-state index in [1.807, 2.05) is 0 Å². The molecule has 2 aliphatic carbocycles. The Hall–Kier alpha value is -1.58. The van der Waals surface area contributed by atoms with Gasteiger partial charge in [0.2, 0.25) is 0 Å². The molecule has 0 aromatic rings. The smallest absolute Gasteiger partial charge is 0.327 e. The number of rotatable bonds is 3. The molecule has 0 aliphatic heterocycles. The van der Waals surface area contributed by atoms with Crippen molar-refractivity contribution < 1.29 is 19.8 Å². The van der Waals surface area contributed by atoms with E-state index in [1.54, 1.807) is 0 Å². The van der Waals surface area contributed by atoms with Crippen molar-refractivity contribution in [2.75, 3.05) is 0 Å². The van der Waals surface area contributed by atoms with Gasteiger partial charge in [-0.1, -0.05) is 91.2 Å². The zero-order chi connectivity index (χ0) is 21.5. The van der Waals surface area contributed by atoms with E-state index in [4.69, 9.17) is 10.2 Å². The summed E-state index contributed by atoms with van der Waals surface area (Å²) in [4.78, 5) is 18.5. The maximum atomic E-state index is 9.25. The van der Waals surface area contributed by atoms with E-state index in [1.165, 1.54) is 89.9 Å². The number of carbonyl (C=O) groups is 2. The first-order chi connectivity index (χ1) is 13.2. The first kappa shape index (κ1) is 26.4. The number of hydrogen-bond acceptors (Lipinski definition) is 2. The van der Waals surface area contributed by atoms with Crippen molar-refractivity contribution in [1.82, 2.24) is 0 Å². The second kappa shape index (κ2) is 14.4. The summed E-state index contributed by atoms with van der Waals surface area (Å²) in [6.07, 6.45) is 22.6. The zero-order valence-electron chi connectivity index (χ0n) is 18.2. The fourth-order valence-corrected chi connectivity index (χ4v) is 4.58. The average molecular weight is 395 g/mol. The fraction of sp³-hybridized carbons (Fsp3) is 0.750. The average Bonchev–Trinajstić information content (AvgIpc) is 2.62. The molecule has 4 heteroatoms. The standard InChI is InChI=1S/C18H34.2C3H4O2/c1-17(13-9-5-3-6-10-14-17)18(2)15-11-7-4-8-12-16-18;2*1-2-3(4)5/h3-16H2,1-2H3;2*2H,1H2,(H,4,5). The lowest BCUT2D eigenvalue weighted by atomic mass is 9.56. The van der Waals surface area contributed by atoms with Crippen molar-refractivity contribution in [3.63, 3.8) is 0 Å². The van der Waals surface area contributed by atoms with Crippen molar-refractivity contribution in [1.29, 1.82) is 0 Å². The largest absolute Gasteiger partial charge is 0.478 e. The Labute approximate surface area is 172 Å². The highest BCUT2D eigenvalue weighted by atomic mass is 16.4. The van der Waals surface area contributed by atoms with Gasteiger partial charge in [0.15, 0.2) is 0 Å². The summed E-state index contributed by atoms with van der Waals surface area (Å²) < 4.78 is 0. The fourth-order valence-electron chi connectivity index (χ4n) is 4.58. The Bertz CT molecular complexity index is 421. The molecule has 2 saturated carbocycles. The van der Waals surface area contributed by atoms with Crippen molar-refractivity contribution in [2.45, 2.75) is 104 Å². The van der Waals surface area contributed by atoms with Gasteiger partial charge in [-0.05, 0) is 36.5 Å². The number of hydrogen-bond donors (Lipinski definition) is 2. The molecule has 0 saturated heterocycles. The second-order valence-electron chi connectivity index (χ2n) is 8.74. The lowest BCUT2D eigenvalue weighted by molar-refractivity contribution is -0.132. The van der Waals surface area contributed by atoms with Crippen LogP contribution >= 0.6 is 0 Å². The number of carboxylic acid groups (broad SMARTS) is 2. The summed E-state index contributed by atoms with van der Waals surface area (Å²) >= 11 is 0. The van der Waals surface area contributed by atoms with E-state index in [-0.39, 0.29) is 0 Å². The topological polar surface area (TPSA) is 74.6 Å². The van der Waals surface area contributed by atoms with E-state index < -0.39 is 11.9 Å². The van der Waals surface area contributed by atoms with E-state index in [9.17, 15) is 9.59 Å². The number of carboxylic acids is 2.